The zero-order valence-electron chi connectivity index (χ0n) is 11.4. The Morgan fingerprint density at radius 1 is 1.33 bits per heavy atom. The zero-order chi connectivity index (χ0) is 13.5. The highest BCUT2D eigenvalue weighted by Crippen LogP contribution is 2.20. The highest BCUT2D eigenvalue weighted by atomic mass is 19.1. The molecule has 0 aliphatic carbocycles. The molecule has 2 N–H and O–H groups in total. The van der Waals surface area contributed by atoms with E-state index in [0.29, 0.717) is 18.2 Å². The van der Waals surface area contributed by atoms with E-state index in [0.717, 1.165) is 19.6 Å². The molecule has 0 fully saturated rings. The average molecular weight is 254 g/mol. The Labute approximate surface area is 109 Å². The van der Waals surface area contributed by atoms with Gasteiger partial charge in [0, 0.05) is 24.7 Å². The van der Waals surface area contributed by atoms with Crippen molar-refractivity contribution in [3.63, 3.8) is 0 Å². The first-order valence-corrected chi connectivity index (χ1v) is 6.50. The van der Waals surface area contributed by atoms with Crippen molar-refractivity contribution in [2.75, 3.05) is 19.6 Å². The van der Waals surface area contributed by atoms with Gasteiger partial charge in [-0.15, -0.1) is 0 Å². The van der Waals surface area contributed by atoms with E-state index in [9.17, 15) is 9.50 Å². The van der Waals surface area contributed by atoms with Gasteiger partial charge in [-0.3, -0.25) is 0 Å². The van der Waals surface area contributed by atoms with E-state index < -0.39 is 5.82 Å². The summed E-state index contributed by atoms with van der Waals surface area (Å²) < 4.78 is 13.1. The number of rotatable bonds is 7. The molecule has 0 saturated heterocycles. The number of halogens is 1. The number of nitrogens with one attached hydrogen (secondary N) is 1. The summed E-state index contributed by atoms with van der Waals surface area (Å²) in [5.74, 6) is -0.814. The van der Waals surface area contributed by atoms with Crippen LogP contribution in [0.15, 0.2) is 18.2 Å². The van der Waals surface area contributed by atoms with Gasteiger partial charge in [-0.05, 0) is 26.1 Å². The molecular weight excluding hydrogens is 231 g/mol. The average Bonchev–Trinajstić information content (AvgIpc) is 2.37. The third-order valence-electron chi connectivity index (χ3n) is 3.14. The minimum absolute atomic E-state index is 0.250. The Balaban J connectivity index is 2.47. The number of hydrogen-bond acceptors (Lipinski definition) is 3. The molecule has 0 amide bonds. The summed E-state index contributed by atoms with van der Waals surface area (Å²) in [5.41, 5.74) is 0.599. The molecule has 1 atom stereocenters. The van der Waals surface area contributed by atoms with Crippen molar-refractivity contribution < 1.29 is 9.50 Å². The lowest BCUT2D eigenvalue weighted by Crippen LogP contribution is -2.38. The summed E-state index contributed by atoms with van der Waals surface area (Å²) in [4.78, 5) is 2.32. The lowest BCUT2D eigenvalue weighted by molar-refractivity contribution is 0.270. The molecule has 0 aliphatic rings. The summed E-state index contributed by atoms with van der Waals surface area (Å²) in [6, 6.07) is 4.90. The van der Waals surface area contributed by atoms with Crippen LogP contribution in [0.3, 0.4) is 0 Å². The second kappa shape index (κ2) is 7.34. The first-order chi connectivity index (χ1) is 8.58. The molecule has 4 heteroatoms. The highest BCUT2D eigenvalue weighted by Gasteiger charge is 2.09. The van der Waals surface area contributed by atoms with Crippen molar-refractivity contribution in [2.24, 2.45) is 0 Å². The second-order valence-corrected chi connectivity index (χ2v) is 4.52. The Kier molecular flexibility index (Phi) is 6.09. The van der Waals surface area contributed by atoms with Crippen LogP contribution < -0.4 is 5.32 Å². The quantitative estimate of drug-likeness (QED) is 0.784. The van der Waals surface area contributed by atoms with Gasteiger partial charge in [0.15, 0.2) is 11.6 Å². The van der Waals surface area contributed by atoms with Crippen LogP contribution in [0.4, 0.5) is 4.39 Å². The van der Waals surface area contributed by atoms with Gasteiger partial charge >= 0.3 is 0 Å². The van der Waals surface area contributed by atoms with Crippen LogP contribution in [0.5, 0.6) is 5.75 Å². The number of para-hydroxylation sites is 1. The lowest BCUT2D eigenvalue weighted by atomic mass is 10.2. The highest BCUT2D eigenvalue weighted by molar-refractivity contribution is 5.33. The monoisotopic (exact) mass is 254 g/mol. The molecule has 18 heavy (non-hydrogen) atoms. The summed E-state index contributed by atoms with van der Waals surface area (Å²) in [5, 5.41) is 12.9. The maximum Gasteiger partial charge on any atom is 0.165 e. The van der Waals surface area contributed by atoms with Crippen molar-refractivity contribution in [3.8, 4) is 5.75 Å². The van der Waals surface area contributed by atoms with Crippen molar-refractivity contribution in [3.05, 3.63) is 29.6 Å². The van der Waals surface area contributed by atoms with Crippen molar-refractivity contribution in [1.29, 1.82) is 0 Å². The molecule has 1 aromatic carbocycles. The summed E-state index contributed by atoms with van der Waals surface area (Å²) >= 11 is 0. The number of benzene rings is 1. The van der Waals surface area contributed by atoms with Crippen LogP contribution in [0.2, 0.25) is 0 Å². The first kappa shape index (κ1) is 14.9. The largest absolute Gasteiger partial charge is 0.505 e. The fourth-order valence-corrected chi connectivity index (χ4v) is 1.92. The van der Waals surface area contributed by atoms with Gasteiger partial charge in [-0.1, -0.05) is 26.0 Å². The fourth-order valence-electron chi connectivity index (χ4n) is 1.92. The molecule has 0 aromatic heterocycles. The van der Waals surface area contributed by atoms with E-state index in [1.807, 2.05) is 0 Å². The van der Waals surface area contributed by atoms with Gasteiger partial charge < -0.3 is 15.3 Å². The van der Waals surface area contributed by atoms with E-state index in [-0.39, 0.29) is 5.75 Å². The van der Waals surface area contributed by atoms with Crippen molar-refractivity contribution in [1.82, 2.24) is 10.2 Å². The maximum atomic E-state index is 13.1. The SMILES string of the molecule is CCN(CC)CC(C)NCc1cccc(F)c1O. The Morgan fingerprint density at radius 2 is 2.00 bits per heavy atom. The Morgan fingerprint density at radius 3 is 2.61 bits per heavy atom. The third kappa shape index (κ3) is 4.27. The van der Waals surface area contributed by atoms with Crippen LogP contribution >= 0.6 is 0 Å². The zero-order valence-corrected chi connectivity index (χ0v) is 11.4. The number of nitrogens with zero attached hydrogens (tertiary/aromatic N) is 1. The third-order valence-corrected chi connectivity index (χ3v) is 3.14. The van der Waals surface area contributed by atoms with Gasteiger partial charge in [0.1, 0.15) is 0 Å². The number of phenolic OH excluding ortho intramolecular Hbond substituents is 1. The smallest absolute Gasteiger partial charge is 0.165 e. The van der Waals surface area contributed by atoms with Crippen LogP contribution in [-0.2, 0) is 6.54 Å². The lowest BCUT2D eigenvalue weighted by Gasteiger charge is -2.23. The van der Waals surface area contributed by atoms with E-state index in [2.05, 4.69) is 31.0 Å². The summed E-state index contributed by atoms with van der Waals surface area (Å²) in [6.45, 7) is 9.83. The number of hydrogen-bond donors (Lipinski definition) is 2. The predicted octanol–water partition coefficient (Wildman–Crippen LogP) is 2.35. The van der Waals surface area contributed by atoms with Gasteiger partial charge in [0.05, 0.1) is 0 Å². The number of phenols is 1. The molecule has 0 heterocycles. The predicted molar refractivity (Wildman–Crippen MR) is 72.2 cm³/mol. The molecule has 1 rings (SSSR count). The molecule has 1 aromatic rings. The number of likely N-dealkylation sites (N-methyl/N-ethyl adjacent to an activating group) is 1. The molecule has 0 radical (unpaired) electrons. The van der Waals surface area contributed by atoms with Gasteiger partial charge in [-0.2, -0.15) is 0 Å². The van der Waals surface area contributed by atoms with E-state index >= 15 is 0 Å². The van der Waals surface area contributed by atoms with Crippen molar-refractivity contribution in [2.45, 2.75) is 33.4 Å². The normalized spacial score (nSPS) is 12.9. The van der Waals surface area contributed by atoms with E-state index in [1.165, 1.54) is 6.07 Å². The van der Waals surface area contributed by atoms with Crippen LogP contribution in [0, 0.1) is 5.82 Å². The van der Waals surface area contributed by atoms with Gasteiger partial charge in [0.25, 0.3) is 0 Å². The van der Waals surface area contributed by atoms with Gasteiger partial charge in [0.2, 0.25) is 0 Å². The van der Waals surface area contributed by atoms with Crippen molar-refractivity contribution >= 4 is 0 Å². The molecule has 0 saturated carbocycles. The summed E-state index contributed by atoms with van der Waals surface area (Å²) in [6.07, 6.45) is 0. The van der Waals surface area contributed by atoms with Gasteiger partial charge in [-0.25, -0.2) is 4.39 Å². The fraction of sp³-hybridized carbons (Fsp3) is 0.571. The van der Waals surface area contributed by atoms with Crippen LogP contribution in [0.1, 0.15) is 26.3 Å². The topological polar surface area (TPSA) is 35.5 Å². The molecular formula is C14H23FN2O. The van der Waals surface area contributed by atoms with E-state index in [1.54, 1.807) is 12.1 Å². The molecule has 0 aliphatic heterocycles. The van der Waals surface area contributed by atoms with Crippen LogP contribution in [0.25, 0.3) is 0 Å². The second-order valence-electron chi connectivity index (χ2n) is 4.52. The minimum atomic E-state index is -0.564. The molecule has 3 nitrogen and oxygen atoms in total. The standard InChI is InChI=1S/C14H23FN2O/c1-4-17(5-2)10-11(3)16-9-12-7-6-8-13(15)14(12)18/h6-8,11,16,18H,4-5,9-10H2,1-3H3. The summed E-state index contributed by atoms with van der Waals surface area (Å²) in [7, 11) is 0. The molecule has 0 bridgehead atoms. The Bertz CT molecular complexity index is 367. The molecule has 1 unspecified atom stereocenters. The Hall–Kier alpha value is -1.13. The van der Waals surface area contributed by atoms with Crippen LogP contribution in [-0.4, -0.2) is 35.7 Å². The first-order valence-electron chi connectivity index (χ1n) is 6.50. The number of aromatic hydroxyl groups is 1. The molecule has 0 spiro atoms. The maximum absolute atomic E-state index is 13.1. The van der Waals surface area contributed by atoms with E-state index in [4.69, 9.17) is 0 Å². The molecule has 102 valence electrons. The minimum Gasteiger partial charge on any atom is -0.505 e.